The van der Waals surface area contributed by atoms with Crippen molar-refractivity contribution in [3.8, 4) is 11.4 Å². The fourth-order valence-electron chi connectivity index (χ4n) is 1.40. The number of aromatic nitrogens is 3. The number of nitrogens with one attached hydrogen (secondary N) is 1. The van der Waals surface area contributed by atoms with Crippen LogP contribution in [0.5, 0.6) is 0 Å². The highest BCUT2D eigenvalue weighted by molar-refractivity contribution is 7.98. The van der Waals surface area contributed by atoms with Crippen molar-refractivity contribution >= 4 is 11.8 Å². The Kier molecular flexibility index (Phi) is 3.29. The predicted molar refractivity (Wildman–Crippen MR) is 67.7 cm³/mol. The number of benzene rings is 1. The van der Waals surface area contributed by atoms with Crippen LogP contribution in [0.15, 0.2) is 29.2 Å². The molecule has 0 saturated heterocycles. The van der Waals surface area contributed by atoms with E-state index in [0.717, 1.165) is 17.2 Å². The number of thioether (sulfide) groups is 1. The summed E-state index contributed by atoms with van der Waals surface area (Å²) in [6, 6.07) is 8.29. The van der Waals surface area contributed by atoms with E-state index >= 15 is 0 Å². The molecule has 1 heterocycles. The number of hydrogen-bond donors (Lipinski definition) is 1. The highest BCUT2D eigenvalue weighted by Crippen LogP contribution is 2.21. The maximum Gasteiger partial charge on any atom is 0.181 e. The monoisotopic (exact) mass is 233 g/mol. The van der Waals surface area contributed by atoms with Gasteiger partial charge in [-0.15, -0.1) is 11.8 Å². The standard InChI is InChI=1S/C12H15N3S/c1-8(2)11-13-12(15-14-11)9-4-6-10(16-3)7-5-9/h4-8H,1-3H3,(H,13,14,15). The van der Waals surface area contributed by atoms with Gasteiger partial charge in [-0.25, -0.2) is 4.98 Å². The minimum atomic E-state index is 0.381. The smallest absolute Gasteiger partial charge is 0.181 e. The van der Waals surface area contributed by atoms with Crippen molar-refractivity contribution in [3.05, 3.63) is 30.1 Å². The van der Waals surface area contributed by atoms with E-state index in [4.69, 9.17) is 0 Å². The first-order chi connectivity index (χ1) is 7.70. The van der Waals surface area contributed by atoms with Gasteiger partial charge in [0.2, 0.25) is 0 Å². The first-order valence-electron chi connectivity index (χ1n) is 5.27. The topological polar surface area (TPSA) is 41.6 Å². The van der Waals surface area contributed by atoms with Crippen LogP contribution in [0.2, 0.25) is 0 Å². The molecule has 0 fully saturated rings. The summed E-state index contributed by atoms with van der Waals surface area (Å²) in [5.41, 5.74) is 1.06. The van der Waals surface area contributed by atoms with E-state index in [1.165, 1.54) is 4.90 Å². The van der Waals surface area contributed by atoms with Gasteiger partial charge in [0, 0.05) is 16.4 Å². The predicted octanol–water partition coefficient (Wildman–Crippen LogP) is 3.32. The highest BCUT2D eigenvalue weighted by atomic mass is 32.2. The number of aromatic amines is 1. The molecule has 4 heteroatoms. The summed E-state index contributed by atoms with van der Waals surface area (Å²) in [6.45, 7) is 4.20. The molecule has 0 radical (unpaired) electrons. The summed E-state index contributed by atoms with van der Waals surface area (Å²) in [5.74, 6) is 2.09. The minimum Gasteiger partial charge on any atom is -0.262 e. The van der Waals surface area contributed by atoms with Crippen LogP contribution in [0.3, 0.4) is 0 Å². The van der Waals surface area contributed by atoms with Crippen molar-refractivity contribution in [3.63, 3.8) is 0 Å². The Bertz CT molecular complexity index is 459. The Morgan fingerprint density at radius 2 is 1.88 bits per heavy atom. The van der Waals surface area contributed by atoms with Crippen molar-refractivity contribution in [1.82, 2.24) is 15.2 Å². The molecular formula is C12H15N3S. The third kappa shape index (κ3) is 2.27. The van der Waals surface area contributed by atoms with E-state index in [-0.39, 0.29) is 0 Å². The van der Waals surface area contributed by atoms with E-state index < -0.39 is 0 Å². The minimum absolute atomic E-state index is 0.381. The molecule has 2 aromatic rings. The van der Waals surface area contributed by atoms with Crippen molar-refractivity contribution < 1.29 is 0 Å². The van der Waals surface area contributed by atoms with Crippen LogP contribution in [-0.4, -0.2) is 21.4 Å². The fourth-order valence-corrected chi connectivity index (χ4v) is 1.81. The van der Waals surface area contributed by atoms with Crippen LogP contribution in [0.1, 0.15) is 25.6 Å². The molecule has 16 heavy (non-hydrogen) atoms. The SMILES string of the molecule is CSc1ccc(-c2n[nH]c(C(C)C)n2)cc1. The zero-order valence-corrected chi connectivity index (χ0v) is 10.5. The molecule has 0 saturated carbocycles. The molecule has 0 aliphatic heterocycles. The van der Waals surface area contributed by atoms with Gasteiger partial charge in [-0.05, 0) is 18.4 Å². The molecule has 1 N–H and O–H groups in total. The second-order valence-electron chi connectivity index (χ2n) is 3.93. The third-order valence-electron chi connectivity index (χ3n) is 2.40. The second kappa shape index (κ2) is 4.70. The van der Waals surface area contributed by atoms with E-state index in [1.54, 1.807) is 11.8 Å². The van der Waals surface area contributed by atoms with Crippen LogP contribution < -0.4 is 0 Å². The summed E-state index contributed by atoms with van der Waals surface area (Å²) in [5, 5.41) is 7.19. The van der Waals surface area contributed by atoms with Gasteiger partial charge >= 0.3 is 0 Å². The zero-order valence-electron chi connectivity index (χ0n) is 9.69. The second-order valence-corrected chi connectivity index (χ2v) is 4.81. The molecule has 2 rings (SSSR count). The Hall–Kier alpha value is -1.29. The van der Waals surface area contributed by atoms with Crippen molar-refractivity contribution in [2.45, 2.75) is 24.7 Å². The molecule has 3 nitrogen and oxygen atoms in total. The normalized spacial score (nSPS) is 11.0. The van der Waals surface area contributed by atoms with Gasteiger partial charge in [0.05, 0.1) is 0 Å². The molecule has 1 aromatic heterocycles. The third-order valence-corrected chi connectivity index (χ3v) is 3.14. The molecule has 84 valence electrons. The fraction of sp³-hybridized carbons (Fsp3) is 0.333. The Morgan fingerprint density at radius 1 is 1.19 bits per heavy atom. The lowest BCUT2D eigenvalue weighted by molar-refractivity contribution is 0.781. The Balaban J connectivity index is 2.28. The quantitative estimate of drug-likeness (QED) is 0.827. The molecule has 0 amide bonds. The van der Waals surface area contributed by atoms with Crippen LogP contribution in [0.4, 0.5) is 0 Å². The maximum atomic E-state index is 4.46. The van der Waals surface area contributed by atoms with E-state index in [0.29, 0.717) is 5.92 Å². The molecule has 1 aromatic carbocycles. The van der Waals surface area contributed by atoms with E-state index in [1.807, 2.05) is 0 Å². The summed E-state index contributed by atoms with van der Waals surface area (Å²) in [7, 11) is 0. The van der Waals surface area contributed by atoms with E-state index in [2.05, 4.69) is 59.6 Å². The molecule has 0 spiro atoms. The number of nitrogens with zero attached hydrogens (tertiary/aromatic N) is 2. The van der Waals surface area contributed by atoms with Gasteiger partial charge in [0.15, 0.2) is 5.82 Å². The van der Waals surface area contributed by atoms with Gasteiger partial charge < -0.3 is 0 Å². The van der Waals surface area contributed by atoms with Gasteiger partial charge in [0.25, 0.3) is 0 Å². The first kappa shape index (κ1) is 11.2. The first-order valence-corrected chi connectivity index (χ1v) is 6.50. The summed E-state index contributed by atoms with van der Waals surface area (Å²) in [4.78, 5) is 5.72. The molecule has 0 atom stereocenters. The lowest BCUT2D eigenvalue weighted by Gasteiger charge is -1.98. The molecule has 0 aliphatic carbocycles. The van der Waals surface area contributed by atoms with Crippen molar-refractivity contribution in [2.75, 3.05) is 6.26 Å². The summed E-state index contributed by atoms with van der Waals surface area (Å²) < 4.78 is 0. The Morgan fingerprint density at radius 3 is 2.38 bits per heavy atom. The van der Waals surface area contributed by atoms with Gasteiger partial charge in [-0.1, -0.05) is 26.0 Å². The highest BCUT2D eigenvalue weighted by Gasteiger charge is 2.08. The molecule has 0 aliphatic rings. The summed E-state index contributed by atoms with van der Waals surface area (Å²) >= 11 is 1.73. The molecule has 0 unspecified atom stereocenters. The summed E-state index contributed by atoms with van der Waals surface area (Å²) in [6.07, 6.45) is 2.07. The maximum absolute atomic E-state index is 4.46. The van der Waals surface area contributed by atoms with Crippen molar-refractivity contribution in [1.29, 1.82) is 0 Å². The number of hydrogen-bond acceptors (Lipinski definition) is 3. The van der Waals surface area contributed by atoms with Gasteiger partial charge in [-0.2, -0.15) is 5.10 Å². The lowest BCUT2D eigenvalue weighted by Crippen LogP contribution is -1.89. The largest absolute Gasteiger partial charge is 0.262 e. The zero-order chi connectivity index (χ0) is 11.5. The Labute approximate surface area is 99.7 Å². The lowest BCUT2D eigenvalue weighted by atomic mass is 10.2. The van der Waals surface area contributed by atoms with Gasteiger partial charge in [-0.3, -0.25) is 5.10 Å². The van der Waals surface area contributed by atoms with Crippen LogP contribution >= 0.6 is 11.8 Å². The van der Waals surface area contributed by atoms with E-state index in [9.17, 15) is 0 Å². The van der Waals surface area contributed by atoms with Crippen LogP contribution in [0, 0.1) is 0 Å². The van der Waals surface area contributed by atoms with Gasteiger partial charge in [0.1, 0.15) is 5.82 Å². The molecular weight excluding hydrogens is 218 g/mol. The average molecular weight is 233 g/mol. The molecule has 0 bridgehead atoms. The number of H-pyrrole nitrogens is 1. The van der Waals surface area contributed by atoms with Crippen molar-refractivity contribution in [2.24, 2.45) is 0 Å². The van der Waals surface area contributed by atoms with Crippen LogP contribution in [0.25, 0.3) is 11.4 Å². The average Bonchev–Trinajstić information content (AvgIpc) is 2.78. The number of rotatable bonds is 3. The van der Waals surface area contributed by atoms with Crippen LogP contribution in [-0.2, 0) is 0 Å².